The highest BCUT2D eigenvalue weighted by atomic mass is 16.6. The Balaban J connectivity index is 2.35. The summed E-state index contributed by atoms with van der Waals surface area (Å²) in [5, 5.41) is 20.0. The van der Waals surface area contributed by atoms with Crippen LogP contribution in [0.2, 0.25) is 0 Å². The molecule has 88 valence electrons. The maximum absolute atomic E-state index is 10.3. The van der Waals surface area contributed by atoms with Crippen molar-refractivity contribution >= 4 is 6.09 Å². The highest BCUT2D eigenvalue weighted by molar-refractivity contribution is 5.64. The molecular formula is C11H15NO4. The van der Waals surface area contributed by atoms with E-state index < -0.39 is 18.4 Å². The zero-order chi connectivity index (χ0) is 12.0. The molecule has 5 nitrogen and oxygen atoms in total. The molecular weight excluding hydrogens is 210 g/mol. The Hall–Kier alpha value is -1.59. The Labute approximate surface area is 93.7 Å². The summed E-state index contributed by atoms with van der Waals surface area (Å²) in [5.41, 5.74) is 0.920. The van der Waals surface area contributed by atoms with Crippen molar-refractivity contribution in [1.82, 2.24) is 5.32 Å². The van der Waals surface area contributed by atoms with Crippen LogP contribution in [0.25, 0.3) is 0 Å². The maximum Gasteiger partial charge on any atom is 0.405 e. The molecule has 0 bridgehead atoms. The first kappa shape index (κ1) is 12.5. The molecule has 0 aliphatic rings. The Morgan fingerprint density at radius 3 is 2.62 bits per heavy atom. The quantitative estimate of drug-likeness (QED) is 0.657. The van der Waals surface area contributed by atoms with Crippen molar-refractivity contribution < 1.29 is 19.7 Å². The number of aliphatic hydroxyl groups is 1. The molecule has 5 heteroatoms. The van der Waals surface area contributed by atoms with Gasteiger partial charge in [0, 0.05) is 0 Å². The number of hydrogen-bond donors (Lipinski definition) is 3. The second-order valence-corrected chi connectivity index (χ2v) is 3.43. The summed E-state index contributed by atoms with van der Waals surface area (Å²) in [6, 6.07) is 8.67. The van der Waals surface area contributed by atoms with Gasteiger partial charge in [-0.3, -0.25) is 0 Å². The summed E-state index contributed by atoms with van der Waals surface area (Å²) >= 11 is 0. The smallest absolute Gasteiger partial charge is 0.405 e. The summed E-state index contributed by atoms with van der Waals surface area (Å²) in [5.74, 6) is 0. The second-order valence-electron chi connectivity index (χ2n) is 3.43. The molecule has 0 aromatic heterocycles. The first-order chi connectivity index (χ1) is 7.59. The highest BCUT2D eigenvalue weighted by Crippen LogP contribution is 2.04. The number of nitrogens with one attached hydrogen (secondary N) is 1. The van der Waals surface area contributed by atoms with Gasteiger partial charge in [-0.1, -0.05) is 30.3 Å². The molecule has 1 aromatic carbocycles. The van der Waals surface area contributed by atoms with E-state index in [1.54, 1.807) is 0 Å². The summed E-state index contributed by atoms with van der Waals surface area (Å²) in [7, 11) is 0. The fourth-order valence-electron chi connectivity index (χ4n) is 1.17. The van der Waals surface area contributed by atoms with E-state index in [4.69, 9.17) is 9.84 Å². The van der Waals surface area contributed by atoms with E-state index in [0.717, 1.165) is 5.56 Å². The number of hydrogen-bond acceptors (Lipinski definition) is 3. The minimum Gasteiger partial charge on any atom is -0.465 e. The summed E-state index contributed by atoms with van der Waals surface area (Å²) in [6.07, 6.45) is -2.34. The molecule has 0 unspecified atom stereocenters. The average Bonchev–Trinajstić information content (AvgIpc) is 2.26. The van der Waals surface area contributed by atoms with Gasteiger partial charge < -0.3 is 20.3 Å². The van der Waals surface area contributed by atoms with Gasteiger partial charge in [-0.2, -0.15) is 0 Å². The Kier molecular flexibility index (Phi) is 4.75. The van der Waals surface area contributed by atoms with Crippen molar-refractivity contribution in [3.05, 3.63) is 35.9 Å². The molecule has 1 rings (SSSR count). The van der Waals surface area contributed by atoms with Gasteiger partial charge in [-0.15, -0.1) is 0 Å². The first-order valence-electron chi connectivity index (χ1n) is 4.92. The lowest BCUT2D eigenvalue weighted by molar-refractivity contribution is -0.123. The van der Waals surface area contributed by atoms with E-state index in [0.29, 0.717) is 0 Å². The third-order valence-electron chi connectivity index (χ3n) is 2.04. The predicted octanol–water partition coefficient (Wildman–Crippen LogP) is 1.18. The Morgan fingerprint density at radius 1 is 1.44 bits per heavy atom. The van der Waals surface area contributed by atoms with Crippen molar-refractivity contribution in [2.75, 3.05) is 0 Å². The van der Waals surface area contributed by atoms with E-state index in [1.807, 2.05) is 30.3 Å². The van der Waals surface area contributed by atoms with Crippen molar-refractivity contribution in [1.29, 1.82) is 0 Å². The molecule has 0 spiro atoms. The number of carbonyl (C=O) groups is 1. The predicted molar refractivity (Wildman–Crippen MR) is 57.9 cm³/mol. The first-order valence-corrected chi connectivity index (χ1v) is 4.92. The van der Waals surface area contributed by atoms with Gasteiger partial charge >= 0.3 is 6.09 Å². The van der Waals surface area contributed by atoms with Gasteiger partial charge in [-0.05, 0) is 12.5 Å². The molecule has 0 saturated heterocycles. The van der Waals surface area contributed by atoms with E-state index in [1.165, 1.54) is 6.92 Å². The molecule has 2 atom stereocenters. The fourth-order valence-corrected chi connectivity index (χ4v) is 1.17. The molecule has 0 radical (unpaired) electrons. The molecule has 1 aromatic rings. The average molecular weight is 225 g/mol. The fraction of sp³-hybridized carbons (Fsp3) is 0.364. The van der Waals surface area contributed by atoms with E-state index >= 15 is 0 Å². The number of ether oxygens (including phenoxy) is 1. The Bertz CT molecular complexity index is 328. The van der Waals surface area contributed by atoms with Crippen molar-refractivity contribution in [3.63, 3.8) is 0 Å². The van der Waals surface area contributed by atoms with Crippen LogP contribution >= 0.6 is 0 Å². The third kappa shape index (κ3) is 4.29. The standard InChI is InChI=1S/C11H15NO4/c1-8(12-11(14)15)10(13)16-7-9-5-3-2-4-6-9/h2-6,8,10,12-13H,7H2,1H3,(H,14,15)/t8-,10-/m0/s1. The number of carboxylic acid groups (broad SMARTS) is 1. The van der Waals surface area contributed by atoms with Crippen LogP contribution in [0.5, 0.6) is 0 Å². The van der Waals surface area contributed by atoms with Crippen LogP contribution in [0.4, 0.5) is 4.79 Å². The van der Waals surface area contributed by atoms with Crippen molar-refractivity contribution in [2.24, 2.45) is 0 Å². The molecule has 16 heavy (non-hydrogen) atoms. The third-order valence-corrected chi connectivity index (χ3v) is 2.04. The van der Waals surface area contributed by atoms with Gasteiger partial charge in [0.15, 0.2) is 6.29 Å². The lowest BCUT2D eigenvalue weighted by atomic mass is 10.2. The van der Waals surface area contributed by atoms with Crippen LogP contribution < -0.4 is 5.32 Å². The van der Waals surface area contributed by atoms with E-state index in [2.05, 4.69) is 5.32 Å². The highest BCUT2D eigenvalue weighted by Gasteiger charge is 2.16. The minimum atomic E-state index is -1.19. The summed E-state index contributed by atoms with van der Waals surface area (Å²) in [4.78, 5) is 10.3. The second kappa shape index (κ2) is 6.09. The van der Waals surface area contributed by atoms with Crippen molar-refractivity contribution in [2.45, 2.75) is 25.9 Å². The number of aliphatic hydroxyl groups excluding tert-OH is 1. The zero-order valence-electron chi connectivity index (χ0n) is 8.96. The summed E-state index contributed by atoms with van der Waals surface area (Å²) in [6.45, 7) is 1.78. The largest absolute Gasteiger partial charge is 0.465 e. The molecule has 0 fully saturated rings. The van der Waals surface area contributed by atoms with Crippen LogP contribution in [-0.4, -0.2) is 28.6 Å². The van der Waals surface area contributed by atoms with Gasteiger partial charge in [0.05, 0.1) is 12.6 Å². The topological polar surface area (TPSA) is 78.8 Å². The van der Waals surface area contributed by atoms with Gasteiger partial charge in [-0.25, -0.2) is 4.79 Å². The van der Waals surface area contributed by atoms with Crippen LogP contribution in [0, 0.1) is 0 Å². The van der Waals surface area contributed by atoms with Crippen LogP contribution in [0.3, 0.4) is 0 Å². The van der Waals surface area contributed by atoms with Gasteiger partial charge in [0.1, 0.15) is 0 Å². The molecule has 0 heterocycles. The maximum atomic E-state index is 10.3. The Morgan fingerprint density at radius 2 is 2.06 bits per heavy atom. The zero-order valence-corrected chi connectivity index (χ0v) is 8.96. The SMILES string of the molecule is C[C@H](NC(=O)O)[C@@H](O)OCc1ccccc1. The normalized spacial score (nSPS) is 14.1. The molecule has 0 aliphatic heterocycles. The monoisotopic (exact) mass is 225 g/mol. The van der Waals surface area contributed by atoms with Gasteiger partial charge in [0.2, 0.25) is 0 Å². The number of rotatable bonds is 5. The molecule has 0 saturated carbocycles. The van der Waals surface area contributed by atoms with E-state index in [9.17, 15) is 9.90 Å². The molecule has 3 N–H and O–H groups in total. The molecule has 1 amide bonds. The minimum absolute atomic E-state index is 0.244. The van der Waals surface area contributed by atoms with Gasteiger partial charge in [0.25, 0.3) is 0 Å². The van der Waals surface area contributed by atoms with Crippen LogP contribution in [0.15, 0.2) is 30.3 Å². The van der Waals surface area contributed by atoms with E-state index in [-0.39, 0.29) is 6.61 Å². The summed E-state index contributed by atoms with van der Waals surface area (Å²) < 4.78 is 5.12. The number of benzene rings is 1. The van der Waals surface area contributed by atoms with Crippen molar-refractivity contribution in [3.8, 4) is 0 Å². The van der Waals surface area contributed by atoms with Crippen LogP contribution in [-0.2, 0) is 11.3 Å². The van der Waals surface area contributed by atoms with Crippen LogP contribution in [0.1, 0.15) is 12.5 Å². The molecule has 0 aliphatic carbocycles. The lowest BCUT2D eigenvalue weighted by Crippen LogP contribution is -2.41. The lowest BCUT2D eigenvalue weighted by Gasteiger charge is -2.18. The number of amides is 1.